The maximum absolute atomic E-state index is 11.4. The summed E-state index contributed by atoms with van der Waals surface area (Å²) in [7, 11) is -3.27. The smallest absolute Gasteiger partial charge is 0.152 e. The minimum Gasteiger partial charge on any atom is -0.387 e. The highest BCUT2D eigenvalue weighted by Gasteiger charge is 2.26. The molecule has 0 aliphatic carbocycles. The fourth-order valence-corrected chi connectivity index (χ4v) is 2.44. The van der Waals surface area contributed by atoms with E-state index >= 15 is 0 Å². The fraction of sp³-hybridized carbons (Fsp3) is 0.500. The van der Waals surface area contributed by atoms with Crippen molar-refractivity contribution in [2.24, 2.45) is 0 Å². The largest absolute Gasteiger partial charge is 0.387 e. The van der Waals surface area contributed by atoms with Crippen LogP contribution in [0.3, 0.4) is 0 Å². The molecule has 1 rings (SSSR count). The lowest BCUT2D eigenvalue weighted by molar-refractivity contribution is 0.175. The molecule has 1 aromatic carbocycles. The number of hydrogen-bond donors (Lipinski definition) is 1. The molecule has 0 radical (unpaired) electrons. The highest BCUT2D eigenvalue weighted by molar-refractivity contribution is 7.91. The zero-order chi connectivity index (χ0) is 13.4. The molecule has 0 saturated carbocycles. The number of hydrogen-bond acceptors (Lipinski definition) is 3. The number of benzene rings is 1. The van der Waals surface area contributed by atoms with Crippen LogP contribution in [0.15, 0.2) is 12.1 Å². The number of aliphatic hydroxyl groups is 1. The number of aliphatic hydroxyl groups excluding tert-OH is 1. The molecule has 0 spiro atoms. The zero-order valence-corrected chi connectivity index (χ0v) is 11.9. The summed E-state index contributed by atoms with van der Waals surface area (Å²) in [4.78, 5) is 0. The molecular weight excluding hydrogens is 260 g/mol. The average Bonchev–Trinajstić information content (AvgIpc) is 2.20. The number of halogens is 1. The molecule has 0 bridgehead atoms. The topological polar surface area (TPSA) is 54.4 Å². The van der Waals surface area contributed by atoms with E-state index in [0.29, 0.717) is 10.6 Å². The second-order valence-electron chi connectivity index (χ2n) is 4.44. The predicted molar refractivity (Wildman–Crippen MR) is 70.2 cm³/mol. The highest BCUT2D eigenvalue weighted by Crippen LogP contribution is 2.28. The van der Waals surface area contributed by atoms with Crippen LogP contribution < -0.4 is 0 Å². The van der Waals surface area contributed by atoms with E-state index in [1.807, 2.05) is 6.92 Å². The normalized spacial score (nSPS) is 15.6. The standard InChI is InChI=1S/C12H17ClO3S/c1-7-6-11(13)8(2)5-10(7)12(14)9(3)17(4,15)16/h5-6,9,12,14H,1-4H3. The van der Waals surface area contributed by atoms with Crippen LogP contribution in [0.5, 0.6) is 0 Å². The van der Waals surface area contributed by atoms with Gasteiger partial charge in [-0.25, -0.2) is 8.42 Å². The van der Waals surface area contributed by atoms with E-state index < -0.39 is 21.2 Å². The van der Waals surface area contributed by atoms with E-state index in [1.165, 1.54) is 6.92 Å². The van der Waals surface area contributed by atoms with E-state index in [9.17, 15) is 13.5 Å². The fourth-order valence-electron chi connectivity index (χ4n) is 1.61. The van der Waals surface area contributed by atoms with E-state index in [2.05, 4.69) is 0 Å². The first-order chi connectivity index (χ1) is 7.64. The van der Waals surface area contributed by atoms with Crippen molar-refractivity contribution in [2.45, 2.75) is 32.1 Å². The molecule has 0 heterocycles. The van der Waals surface area contributed by atoms with Crippen molar-refractivity contribution in [1.29, 1.82) is 0 Å². The summed E-state index contributed by atoms with van der Waals surface area (Å²) in [6, 6.07) is 3.48. The Balaban J connectivity index is 3.22. The maximum Gasteiger partial charge on any atom is 0.152 e. The summed E-state index contributed by atoms with van der Waals surface area (Å²) in [5.74, 6) is 0. The molecule has 3 nitrogen and oxygen atoms in total. The molecule has 0 fully saturated rings. The van der Waals surface area contributed by atoms with E-state index in [4.69, 9.17) is 11.6 Å². The van der Waals surface area contributed by atoms with E-state index in [0.717, 1.165) is 17.4 Å². The third-order valence-electron chi connectivity index (χ3n) is 2.99. The maximum atomic E-state index is 11.4. The second kappa shape index (κ2) is 4.96. The van der Waals surface area contributed by atoms with Crippen LogP contribution in [-0.2, 0) is 9.84 Å². The Bertz CT molecular complexity index is 523. The van der Waals surface area contributed by atoms with Gasteiger partial charge < -0.3 is 5.11 Å². The van der Waals surface area contributed by atoms with Crippen LogP contribution in [-0.4, -0.2) is 25.0 Å². The van der Waals surface area contributed by atoms with Gasteiger partial charge in [0, 0.05) is 11.3 Å². The Kier molecular flexibility index (Phi) is 4.23. The third kappa shape index (κ3) is 3.21. The molecular formula is C12H17ClO3S. The first-order valence-electron chi connectivity index (χ1n) is 5.28. The van der Waals surface area contributed by atoms with Crippen molar-refractivity contribution in [3.05, 3.63) is 33.8 Å². The molecule has 0 aromatic heterocycles. The monoisotopic (exact) mass is 276 g/mol. The van der Waals surface area contributed by atoms with Crippen LogP contribution in [0.25, 0.3) is 0 Å². The molecule has 1 aromatic rings. The van der Waals surface area contributed by atoms with Crippen molar-refractivity contribution in [3.8, 4) is 0 Å². The Morgan fingerprint density at radius 3 is 2.24 bits per heavy atom. The summed E-state index contributed by atoms with van der Waals surface area (Å²) in [5.41, 5.74) is 2.24. The van der Waals surface area contributed by atoms with E-state index in [-0.39, 0.29) is 0 Å². The van der Waals surface area contributed by atoms with Crippen molar-refractivity contribution >= 4 is 21.4 Å². The van der Waals surface area contributed by atoms with Gasteiger partial charge in [0.15, 0.2) is 9.84 Å². The highest BCUT2D eigenvalue weighted by atomic mass is 35.5. The molecule has 1 N–H and O–H groups in total. The lowest BCUT2D eigenvalue weighted by Crippen LogP contribution is -2.24. The quantitative estimate of drug-likeness (QED) is 0.922. The third-order valence-corrected chi connectivity index (χ3v) is 5.00. The Morgan fingerprint density at radius 1 is 1.24 bits per heavy atom. The lowest BCUT2D eigenvalue weighted by atomic mass is 9.99. The van der Waals surface area contributed by atoms with Crippen LogP contribution in [0.4, 0.5) is 0 Å². The number of sulfone groups is 1. The zero-order valence-electron chi connectivity index (χ0n) is 10.4. The van der Waals surface area contributed by atoms with E-state index in [1.54, 1.807) is 19.1 Å². The number of aryl methyl sites for hydroxylation is 2. The molecule has 2 unspecified atom stereocenters. The van der Waals surface area contributed by atoms with Crippen molar-refractivity contribution in [2.75, 3.05) is 6.26 Å². The van der Waals surface area contributed by atoms with Crippen molar-refractivity contribution in [3.63, 3.8) is 0 Å². The minimum atomic E-state index is -3.27. The van der Waals surface area contributed by atoms with Gasteiger partial charge in [-0.2, -0.15) is 0 Å². The molecule has 0 saturated heterocycles. The van der Waals surface area contributed by atoms with Crippen molar-refractivity contribution < 1.29 is 13.5 Å². The van der Waals surface area contributed by atoms with Gasteiger partial charge in [-0.05, 0) is 43.5 Å². The Labute approximate surface area is 107 Å². The Morgan fingerprint density at radius 2 is 1.76 bits per heavy atom. The summed E-state index contributed by atoms with van der Waals surface area (Å²) in [6.07, 6.45) is 0.0971. The Hall–Kier alpha value is -0.580. The summed E-state index contributed by atoms with van der Waals surface area (Å²) in [5, 5.41) is 9.88. The predicted octanol–water partition coefficient (Wildman–Crippen LogP) is 2.42. The summed E-state index contributed by atoms with van der Waals surface area (Å²) < 4.78 is 22.8. The van der Waals surface area contributed by atoms with Gasteiger partial charge in [0.05, 0.1) is 11.4 Å². The van der Waals surface area contributed by atoms with Gasteiger partial charge >= 0.3 is 0 Å². The van der Waals surface area contributed by atoms with Gasteiger partial charge in [-0.15, -0.1) is 0 Å². The first-order valence-corrected chi connectivity index (χ1v) is 7.61. The number of rotatable bonds is 3. The lowest BCUT2D eigenvalue weighted by Gasteiger charge is -2.20. The molecule has 0 aliphatic heterocycles. The van der Waals surface area contributed by atoms with Crippen LogP contribution in [0.2, 0.25) is 5.02 Å². The molecule has 17 heavy (non-hydrogen) atoms. The summed E-state index contributed by atoms with van der Waals surface area (Å²) in [6.45, 7) is 5.13. The van der Waals surface area contributed by atoms with Gasteiger partial charge in [-0.3, -0.25) is 0 Å². The molecule has 96 valence electrons. The second-order valence-corrected chi connectivity index (χ2v) is 7.25. The van der Waals surface area contributed by atoms with Crippen LogP contribution in [0, 0.1) is 13.8 Å². The van der Waals surface area contributed by atoms with Gasteiger partial charge in [0.1, 0.15) is 0 Å². The minimum absolute atomic E-state index is 0.616. The summed E-state index contributed by atoms with van der Waals surface area (Å²) >= 11 is 5.96. The van der Waals surface area contributed by atoms with Crippen LogP contribution in [0.1, 0.15) is 29.7 Å². The molecule has 0 aliphatic rings. The van der Waals surface area contributed by atoms with Crippen LogP contribution >= 0.6 is 11.6 Å². The van der Waals surface area contributed by atoms with Gasteiger partial charge in [0.2, 0.25) is 0 Å². The van der Waals surface area contributed by atoms with Gasteiger partial charge in [0.25, 0.3) is 0 Å². The average molecular weight is 277 g/mol. The SMILES string of the molecule is Cc1cc(C(O)C(C)S(C)(=O)=O)c(C)cc1Cl. The van der Waals surface area contributed by atoms with Crippen molar-refractivity contribution in [1.82, 2.24) is 0 Å². The van der Waals surface area contributed by atoms with Gasteiger partial charge in [-0.1, -0.05) is 17.7 Å². The molecule has 2 atom stereocenters. The first kappa shape index (κ1) is 14.5. The molecule has 0 amide bonds. The molecule has 5 heteroatoms.